The van der Waals surface area contributed by atoms with Crippen molar-refractivity contribution in [3.8, 4) is 17.1 Å². The quantitative estimate of drug-likeness (QED) is 0.155. The molecule has 4 unspecified atom stereocenters. The summed E-state index contributed by atoms with van der Waals surface area (Å²) >= 11 is 6.42. The highest BCUT2D eigenvalue weighted by atomic mass is 35.5. The predicted molar refractivity (Wildman–Crippen MR) is 173 cm³/mol. The number of likely N-dealkylation sites (tertiary alicyclic amines) is 1. The number of nitrogen functional groups attached to an aromatic ring is 1. The predicted octanol–water partition coefficient (Wildman–Crippen LogP) is 1.45. The minimum Gasteiger partial charge on any atom is -0.397 e. The molecule has 50 heavy (non-hydrogen) atoms. The van der Waals surface area contributed by atoms with Crippen LogP contribution >= 0.6 is 11.6 Å². The Bertz CT molecular complexity index is 1930. The molecule has 2 fully saturated rings. The Morgan fingerprint density at radius 2 is 1.90 bits per heavy atom. The van der Waals surface area contributed by atoms with E-state index in [0.29, 0.717) is 12.2 Å². The zero-order valence-electron chi connectivity index (χ0n) is 26.4. The molecule has 0 radical (unpaired) electrons. The maximum Gasteiger partial charge on any atom is 0.435 e. The summed E-state index contributed by atoms with van der Waals surface area (Å²) in [7, 11) is 1.38. The summed E-state index contributed by atoms with van der Waals surface area (Å²) < 4.78 is 44.2. The number of carbonyl (C=O) groups is 3. The van der Waals surface area contributed by atoms with Gasteiger partial charge < -0.3 is 41.4 Å². The average Bonchev–Trinajstić information content (AvgIpc) is 3.86. The SMILES string of the molecule is Cn1c(-c2cn(-c3ccc(N)cn3)nc2C(F)(F)F)cnc1C(=O)Nc1ccc(C(=O)NC2CN(C(=O)C3CC(O)CN3)CC2CO)c(Cl)c1. The number of imidazole rings is 1. The number of β-amino-alcohol motifs (C(OH)–C–C–N with tert-alkyl or cyclic N) is 1. The van der Waals surface area contributed by atoms with Gasteiger partial charge in [-0.25, -0.2) is 14.6 Å². The Morgan fingerprint density at radius 1 is 1.12 bits per heavy atom. The van der Waals surface area contributed by atoms with Crippen molar-refractivity contribution in [1.29, 1.82) is 0 Å². The molecule has 2 aliphatic rings. The Labute approximate surface area is 287 Å². The van der Waals surface area contributed by atoms with Gasteiger partial charge in [-0.1, -0.05) is 11.6 Å². The molecule has 2 aliphatic heterocycles. The van der Waals surface area contributed by atoms with Gasteiger partial charge in [0, 0.05) is 51.1 Å². The zero-order valence-corrected chi connectivity index (χ0v) is 27.1. The van der Waals surface area contributed by atoms with E-state index in [2.05, 4.69) is 31.0 Å². The molecule has 2 saturated heterocycles. The molecule has 3 aromatic heterocycles. The number of pyridine rings is 1. The highest BCUT2D eigenvalue weighted by Crippen LogP contribution is 2.37. The van der Waals surface area contributed by atoms with Gasteiger partial charge in [-0.3, -0.25) is 14.4 Å². The first kappa shape index (κ1) is 34.8. The van der Waals surface area contributed by atoms with Crippen LogP contribution in [0.3, 0.4) is 0 Å². The minimum atomic E-state index is -4.84. The fourth-order valence-corrected chi connectivity index (χ4v) is 6.29. The van der Waals surface area contributed by atoms with Crippen LogP contribution in [0, 0.1) is 5.92 Å². The molecule has 15 nitrogen and oxygen atoms in total. The van der Waals surface area contributed by atoms with Crippen molar-refractivity contribution < 1.29 is 37.8 Å². The maximum atomic E-state index is 14.0. The third-order valence-electron chi connectivity index (χ3n) is 8.64. The van der Waals surface area contributed by atoms with E-state index in [0.717, 1.165) is 17.1 Å². The van der Waals surface area contributed by atoms with Crippen LogP contribution < -0.4 is 21.7 Å². The molecule has 0 spiro atoms. The third-order valence-corrected chi connectivity index (χ3v) is 8.95. The summed E-state index contributed by atoms with van der Waals surface area (Å²) in [6, 6.07) is 5.90. The van der Waals surface area contributed by atoms with Gasteiger partial charge in [-0.15, -0.1) is 0 Å². The Kier molecular flexibility index (Phi) is 9.54. The molecule has 6 rings (SSSR count). The van der Waals surface area contributed by atoms with Crippen LogP contribution in [0.15, 0.2) is 48.9 Å². The maximum absolute atomic E-state index is 14.0. The van der Waals surface area contributed by atoms with Gasteiger partial charge in [0.05, 0.1) is 58.1 Å². The molecule has 5 heterocycles. The summed E-state index contributed by atoms with van der Waals surface area (Å²) in [5.74, 6) is -2.10. The summed E-state index contributed by atoms with van der Waals surface area (Å²) in [5, 5.41) is 31.7. The number of rotatable bonds is 8. The second-order valence-electron chi connectivity index (χ2n) is 12.1. The number of alkyl halides is 3. The molecule has 7 N–H and O–H groups in total. The largest absolute Gasteiger partial charge is 0.435 e. The molecule has 4 aromatic rings. The summed E-state index contributed by atoms with van der Waals surface area (Å²) in [6.07, 6.45) is -1.64. The fourth-order valence-electron chi connectivity index (χ4n) is 6.03. The number of anilines is 2. The van der Waals surface area contributed by atoms with E-state index in [1.807, 2.05) is 0 Å². The number of aromatic nitrogens is 5. The van der Waals surface area contributed by atoms with Gasteiger partial charge in [-0.05, 0) is 36.8 Å². The number of aliphatic hydroxyl groups excluding tert-OH is 2. The van der Waals surface area contributed by atoms with Gasteiger partial charge in [0.2, 0.25) is 5.91 Å². The molecule has 0 aliphatic carbocycles. The molecule has 0 bridgehead atoms. The first-order valence-corrected chi connectivity index (χ1v) is 15.7. The van der Waals surface area contributed by atoms with Crippen LogP contribution in [-0.2, 0) is 18.0 Å². The number of nitrogens with two attached hydrogens (primary N) is 1. The fraction of sp³-hybridized carbons (Fsp3) is 0.355. The molecule has 19 heteroatoms. The number of aliphatic hydroxyl groups is 2. The molecule has 1 aromatic carbocycles. The molecular formula is C31H32ClF3N10O5. The number of amides is 3. The average molecular weight is 717 g/mol. The first-order chi connectivity index (χ1) is 23.7. The van der Waals surface area contributed by atoms with Crippen molar-refractivity contribution in [2.75, 3.05) is 37.3 Å². The lowest BCUT2D eigenvalue weighted by Gasteiger charge is -2.21. The monoisotopic (exact) mass is 716 g/mol. The number of hydrogen-bond donors (Lipinski definition) is 6. The van der Waals surface area contributed by atoms with E-state index < -0.39 is 47.8 Å². The minimum absolute atomic E-state index is 0.0186. The summed E-state index contributed by atoms with van der Waals surface area (Å²) in [4.78, 5) is 48.9. The van der Waals surface area contributed by atoms with Crippen LogP contribution in [-0.4, -0.2) is 102 Å². The highest BCUT2D eigenvalue weighted by Gasteiger charge is 2.41. The summed E-state index contributed by atoms with van der Waals surface area (Å²) in [6.45, 7) is 0.417. The molecular weight excluding hydrogens is 685 g/mol. The lowest BCUT2D eigenvalue weighted by molar-refractivity contribution is -0.140. The Hall–Kier alpha value is -5.04. The highest BCUT2D eigenvalue weighted by molar-refractivity contribution is 6.34. The number of nitrogens with one attached hydrogen (secondary N) is 3. The van der Waals surface area contributed by atoms with E-state index in [1.165, 1.54) is 53.0 Å². The van der Waals surface area contributed by atoms with Crippen LogP contribution in [0.5, 0.6) is 0 Å². The number of halogens is 4. The van der Waals surface area contributed by atoms with Crippen molar-refractivity contribution in [1.82, 2.24) is 39.8 Å². The van der Waals surface area contributed by atoms with Crippen molar-refractivity contribution >= 4 is 40.7 Å². The number of hydrogen-bond acceptors (Lipinski definition) is 10. The van der Waals surface area contributed by atoms with E-state index in [1.54, 1.807) is 0 Å². The lowest BCUT2D eigenvalue weighted by Crippen LogP contribution is -2.45. The van der Waals surface area contributed by atoms with Gasteiger partial charge in [-0.2, -0.15) is 18.3 Å². The van der Waals surface area contributed by atoms with Gasteiger partial charge in [0.15, 0.2) is 17.3 Å². The lowest BCUT2D eigenvalue weighted by atomic mass is 10.0. The second-order valence-corrected chi connectivity index (χ2v) is 12.5. The number of nitrogens with zero attached hydrogens (tertiary/aromatic N) is 6. The van der Waals surface area contributed by atoms with Crippen molar-refractivity contribution in [3.63, 3.8) is 0 Å². The Balaban J connectivity index is 1.14. The van der Waals surface area contributed by atoms with Crippen LogP contribution in [0.1, 0.15) is 33.1 Å². The molecule has 0 saturated carbocycles. The normalized spacial score (nSPS) is 20.7. The molecule has 264 valence electrons. The van der Waals surface area contributed by atoms with Crippen LogP contribution in [0.2, 0.25) is 5.02 Å². The number of benzene rings is 1. The standard InChI is InChI=1S/C31H32ClF3N10O5/c1-43-24(20-12-45(42-26(20)31(33,34)35)25-5-2-16(36)8-38-25)10-39-27(43)29(49)40-17-3-4-19(21(32)6-17)28(48)41-23-13-44(11-15(23)14-46)30(50)22-7-18(47)9-37-22/h2-6,8,10,12,15,18,22-23,37,46-47H,7,9,11,13-14,36H2,1H3,(H,40,49)(H,41,48). The number of carbonyl (C=O) groups excluding carboxylic acids is 3. The first-order valence-electron chi connectivity index (χ1n) is 15.4. The topological polar surface area (TPSA) is 206 Å². The molecule has 4 atom stereocenters. The smallest absolute Gasteiger partial charge is 0.397 e. The molecule has 3 amide bonds. The van der Waals surface area contributed by atoms with Crippen molar-refractivity contribution in [2.45, 2.75) is 30.8 Å². The van der Waals surface area contributed by atoms with Crippen molar-refractivity contribution in [2.24, 2.45) is 13.0 Å². The van der Waals surface area contributed by atoms with E-state index in [9.17, 15) is 37.8 Å². The van der Waals surface area contributed by atoms with Gasteiger partial charge in [0.25, 0.3) is 11.8 Å². The van der Waals surface area contributed by atoms with Gasteiger partial charge >= 0.3 is 6.18 Å². The van der Waals surface area contributed by atoms with Crippen molar-refractivity contribution in [3.05, 3.63) is 71.0 Å². The Morgan fingerprint density at radius 3 is 2.54 bits per heavy atom. The van der Waals surface area contributed by atoms with E-state index in [4.69, 9.17) is 17.3 Å². The van der Waals surface area contributed by atoms with Crippen LogP contribution in [0.4, 0.5) is 24.5 Å². The summed E-state index contributed by atoms with van der Waals surface area (Å²) in [5.41, 5.74) is 4.61. The zero-order chi connectivity index (χ0) is 35.9. The third kappa shape index (κ3) is 7.00. The van der Waals surface area contributed by atoms with Gasteiger partial charge in [0.1, 0.15) is 0 Å². The van der Waals surface area contributed by atoms with E-state index >= 15 is 0 Å². The van der Waals surface area contributed by atoms with Crippen LogP contribution in [0.25, 0.3) is 17.1 Å². The van der Waals surface area contributed by atoms with E-state index in [-0.39, 0.29) is 71.2 Å². The second kappa shape index (κ2) is 13.7.